The summed E-state index contributed by atoms with van der Waals surface area (Å²) in [6.45, 7) is 2.41. The Morgan fingerprint density at radius 1 is 1.47 bits per heavy atom. The van der Waals surface area contributed by atoms with E-state index < -0.39 is 0 Å². The topological polar surface area (TPSA) is 61.5 Å². The van der Waals surface area contributed by atoms with Crippen LogP contribution in [0.15, 0.2) is 24.3 Å². The van der Waals surface area contributed by atoms with Crippen LogP contribution in [0.1, 0.15) is 6.92 Å². The second-order valence-electron chi connectivity index (χ2n) is 3.28. The van der Waals surface area contributed by atoms with Gasteiger partial charge in [-0.15, -0.1) is 0 Å². The summed E-state index contributed by atoms with van der Waals surface area (Å²) in [6, 6.07) is 6.94. The highest BCUT2D eigenvalue weighted by atomic mass is 32.2. The SMILES string of the molecule is CCSCCOC(=O)COc1cccc(N)c1. The number of benzene rings is 1. The number of ether oxygens (including phenoxy) is 2. The van der Waals surface area contributed by atoms with Crippen molar-refractivity contribution in [3.05, 3.63) is 24.3 Å². The van der Waals surface area contributed by atoms with Gasteiger partial charge in [0.25, 0.3) is 0 Å². The molecule has 0 saturated heterocycles. The van der Waals surface area contributed by atoms with Crippen molar-refractivity contribution in [1.82, 2.24) is 0 Å². The Bertz CT molecular complexity index is 357. The van der Waals surface area contributed by atoms with E-state index in [0.717, 1.165) is 11.5 Å². The first-order valence-corrected chi connectivity index (χ1v) is 6.59. The van der Waals surface area contributed by atoms with Gasteiger partial charge in [-0.3, -0.25) is 0 Å². The number of hydrogen-bond donors (Lipinski definition) is 1. The predicted molar refractivity (Wildman–Crippen MR) is 70.3 cm³/mol. The molecule has 0 aliphatic carbocycles. The summed E-state index contributed by atoms with van der Waals surface area (Å²) in [5.74, 6) is 2.06. The Labute approximate surface area is 105 Å². The van der Waals surface area contributed by atoms with E-state index >= 15 is 0 Å². The summed E-state index contributed by atoms with van der Waals surface area (Å²) >= 11 is 1.73. The fourth-order valence-corrected chi connectivity index (χ4v) is 1.64. The van der Waals surface area contributed by atoms with Gasteiger partial charge in [-0.05, 0) is 17.9 Å². The number of hydrogen-bond acceptors (Lipinski definition) is 5. The van der Waals surface area contributed by atoms with Crippen LogP contribution in [-0.2, 0) is 9.53 Å². The van der Waals surface area contributed by atoms with Gasteiger partial charge in [-0.1, -0.05) is 13.0 Å². The Morgan fingerprint density at radius 3 is 3.00 bits per heavy atom. The Hall–Kier alpha value is -1.36. The van der Waals surface area contributed by atoms with Crippen molar-refractivity contribution >= 4 is 23.4 Å². The molecule has 0 atom stereocenters. The number of carbonyl (C=O) groups excluding carboxylic acids is 1. The van der Waals surface area contributed by atoms with Crippen LogP contribution >= 0.6 is 11.8 Å². The van der Waals surface area contributed by atoms with Crippen molar-refractivity contribution in [2.45, 2.75) is 6.92 Å². The largest absolute Gasteiger partial charge is 0.482 e. The monoisotopic (exact) mass is 255 g/mol. The number of thioether (sulfide) groups is 1. The maximum Gasteiger partial charge on any atom is 0.344 e. The first kappa shape index (κ1) is 13.7. The van der Waals surface area contributed by atoms with E-state index in [1.807, 2.05) is 0 Å². The van der Waals surface area contributed by atoms with Crippen LogP contribution in [0, 0.1) is 0 Å². The molecule has 0 heterocycles. The maximum atomic E-state index is 11.3. The third-order valence-corrected chi connectivity index (χ3v) is 2.77. The Kier molecular flexibility index (Phi) is 6.32. The second-order valence-corrected chi connectivity index (χ2v) is 4.67. The van der Waals surface area contributed by atoms with Crippen molar-refractivity contribution in [2.24, 2.45) is 0 Å². The first-order chi connectivity index (χ1) is 8.22. The summed E-state index contributed by atoms with van der Waals surface area (Å²) in [5.41, 5.74) is 6.19. The van der Waals surface area contributed by atoms with E-state index in [1.165, 1.54) is 0 Å². The van der Waals surface area contributed by atoms with Gasteiger partial charge >= 0.3 is 5.97 Å². The lowest BCUT2D eigenvalue weighted by molar-refractivity contribution is -0.145. The molecule has 0 aliphatic heterocycles. The lowest BCUT2D eigenvalue weighted by Gasteiger charge is -2.07. The van der Waals surface area contributed by atoms with Crippen LogP contribution in [0.25, 0.3) is 0 Å². The van der Waals surface area contributed by atoms with Crippen molar-refractivity contribution in [3.63, 3.8) is 0 Å². The molecule has 5 heteroatoms. The average Bonchev–Trinajstić information content (AvgIpc) is 2.32. The van der Waals surface area contributed by atoms with Gasteiger partial charge in [-0.2, -0.15) is 11.8 Å². The molecule has 4 nitrogen and oxygen atoms in total. The fourth-order valence-electron chi connectivity index (χ4n) is 1.15. The van der Waals surface area contributed by atoms with Gasteiger partial charge in [0.05, 0.1) is 0 Å². The minimum atomic E-state index is -0.357. The van der Waals surface area contributed by atoms with Gasteiger partial charge in [0, 0.05) is 17.5 Å². The molecule has 1 aromatic carbocycles. The number of carbonyl (C=O) groups is 1. The first-order valence-electron chi connectivity index (χ1n) is 5.44. The lowest BCUT2D eigenvalue weighted by atomic mass is 10.3. The molecule has 0 fully saturated rings. The molecule has 17 heavy (non-hydrogen) atoms. The Balaban J connectivity index is 2.19. The zero-order valence-corrected chi connectivity index (χ0v) is 10.7. The van der Waals surface area contributed by atoms with Gasteiger partial charge in [-0.25, -0.2) is 4.79 Å². The molecule has 0 aliphatic rings. The zero-order valence-electron chi connectivity index (χ0n) is 9.85. The fraction of sp³-hybridized carbons (Fsp3) is 0.417. The highest BCUT2D eigenvalue weighted by Gasteiger charge is 2.04. The van der Waals surface area contributed by atoms with Crippen LogP contribution < -0.4 is 10.5 Å². The van der Waals surface area contributed by atoms with E-state index in [-0.39, 0.29) is 12.6 Å². The Morgan fingerprint density at radius 2 is 2.29 bits per heavy atom. The van der Waals surface area contributed by atoms with Crippen LogP contribution in [0.2, 0.25) is 0 Å². The zero-order chi connectivity index (χ0) is 12.5. The molecule has 0 spiro atoms. The van der Waals surface area contributed by atoms with Crippen LogP contribution in [0.4, 0.5) is 5.69 Å². The van der Waals surface area contributed by atoms with Gasteiger partial charge in [0.2, 0.25) is 0 Å². The van der Waals surface area contributed by atoms with Gasteiger partial charge < -0.3 is 15.2 Å². The molecule has 0 aromatic heterocycles. The van der Waals surface area contributed by atoms with E-state index in [2.05, 4.69) is 6.92 Å². The number of nitrogen functional groups attached to an aromatic ring is 1. The number of esters is 1. The average molecular weight is 255 g/mol. The van der Waals surface area contributed by atoms with Gasteiger partial charge in [0.1, 0.15) is 12.4 Å². The molecular formula is C12H17NO3S. The highest BCUT2D eigenvalue weighted by molar-refractivity contribution is 7.99. The normalized spacial score (nSPS) is 9.94. The molecule has 0 saturated carbocycles. The summed E-state index contributed by atoms with van der Waals surface area (Å²) in [5, 5.41) is 0. The molecule has 0 bridgehead atoms. The third kappa shape index (κ3) is 6.06. The van der Waals surface area contributed by atoms with E-state index in [1.54, 1.807) is 36.0 Å². The quantitative estimate of drug-likeness (QED) is 0.458. The molecule has 1 aromatic rings. The van der Waals surface area contributed by atoms with E-state index in [0.29, 0.717) is 18.0 Å². The van der Waals surface area contributed by atoms with Crippen LogP contribution in [0.3, 0.4) is 0 Å². The summed E-state index contributed by atoms with van der Waals surface area (Å²) in [6.07, 6.45) is 0. The molecular weight excluding hydrogens is 238 g/mol. The van der Waals surface area contributed by atoms with Gasteiger partial charge in [0.15, 0.2) is 6.61 Å². The smallest absolute Gasteiger partial charge is 0.344 e. The summed E-state index contributed by atoms with van der Waals surface area (Å²) in [4.78, 5) is 11.3. The molecule has 0 amide bonds. The number of nitrogens with two attached hydrogens (primary N) is 1. The van der Waals surface area contributed by atoms with Crippen LogP contribution in [0.5, 0.6) is 5.75 Å². The van der Waals surface area contributed by atoms with Crippen molar-refractivity contribution in [3.8, 4) is 5.75 Å². The molecule has 0 unspecified atom stereocenters. The molecule has 1 rings (SSSR count). The lowest BCUT2D eigenvalue weighted by Crippen LogP contribution is -2.16. The molecule has 0 radical (unpaired) electrons. The molecule has 94 valence electrons. The molecule has 2 N–H and O–H groups in total. The third-order valence-electron chi connectivity index (χ3n) is 1.91. The number of anilines is 1. The van der Waals surface area contributed by atoms with E-state index in [4.69, 9.17) is 15.2 Å². The maximum absolute atomic E-state index is 11.3. The van der Waals surface area contributed by atoms with E-state index in [9.17, 15) is 4.79 Å². The van der Waals surface area contributed by atoms with Crippen molar-refractivity contribution < 1.29 is 14.3 Å². The highest BCUT2D eigenvalue weighted by Crippen LogP contribution is 2.14. The number of rotatable bonds is 7. The summed E-state index contributed by atoms with van der Waals surface area (Å²) < 4.78 is 10.2. The minimum absolute atomic E-state index is 0.0831. The predicted octanol–water partition coefficient (Wildman–Crippen LogP) is 1.94. The van der Waals surface area contributed by atoms with Crippen LogP contribution in [-0.4, -0.2) is 30.7 Å². The minimum Gasteiger partial charge on any atom is -0.482 e. The standard InChI is InChI=1S/C12H17NO3S/c1-2-17-7-6-15-12(14)9-16-11-5-3-4-10(13)8-11/h3-5,8H,2,6-7,9,13H2,1H3. The van der Waals surface area contributed by atoms with Crippen molar-refractivity contribution in [2.75, 3.05) is 30.5 Å². The second kappa shape index (κ2) is 7.84. The summed E-state index contributed by atoms with van der Waals surface area (Å²) in [7, 11) is 0. The van der Waals surface area contributed by atoms with Crippen molar-refractivity contribution in [1.29, 1.82) is 0 Å².